The molecule has 0 rings (SSSR count). The Morgan fingerprint density at radius 2 is 1.38 bits per heavy atom. The van der Waals surface area contributed by atoms with Crippen molar-refractivity contribution in [3.8, 4) is 0 Å². The Hall–Kier alpha value is -0.0236. The first kappa shape index (κ1) is 10.9. The van der Waals surface area contributed by atoms with Crippen LogP contribution in [0.1, 0.15) is 20.3 Å². The SMILES string of the molecule is CC(=O)CC(C)=O.[Os]. The van der Waals surface area contributed by atoms with E-state index in [0.717, 1.165) is 0 Å². The van der Waals surface area contributed by atoms with Crippen molar-refractivity contribution in [2.24, 2.45) is 0 Å². The normalized spacial score (nSPS) is 7.25. The number of ketones is 2. The molecular formula is C5H8O2Os. The summed E-state index contributed by atoms with van der Waals surface area (Å²) in [5, 5.41) is 0. The smallest absolute Gasteiger partial charge is 0.137 e. The summed E-state index contributed by atoms with van der Waals surface area (Å²) in [5.74, 6) is -0.125. The minimum atomic E-state index is -0.0625. The fourth-order valence-corrected chi connectivity index (χ4v) is 0.351. The van der Waals surface area contributed by atoms with Crippen LogP contribution in [0.5, 0.6) is 0 Å². The molecule has 0 bridgehead atoms. The molecule has 0 fully saturated rings. The van der Waals surface area contributed by atoms with Gasteiger partial charge in [0.25, 0.3) is 0 Å². The minimum Gasteiger partial charge on any atom is -0.300 e. The van der Waals surface area contributed by atoms with Crippen LogP contribution in [0.4, 0.5) is 0 Å². The Balaban J connectivity index is 0. The van der Waals surface area contributed by atoms with Crippen molar-refractivity contribution >= 4 is 11.6 Å². The van der Waals surface area contributed by atoms with Crippen LogP contribution < -0.4 is 0 Å². The third-order valence-electron chi connectivity index (χ3n) is 0.498. The third kappa shape index (κ3) is 9.36. The molecule has 0 N–H and O–H groups in total. The van der Waals surface area contributed by atoms with E-state index in [1.54, 1.807) is 0 Å². The van der Waals surface area contributed by atoms with Gasteiger partial charge in [0.2, 0.25) is 0 Å². The van der Waals surface area contributed by atoms with Crippen LogP contribution in [0.15, 0.2) is 0 Å². The molecule has 48 valence electrons. The topological polar surface area (TPSA) is 34.1 Å². The second-order valence-electron chi connectivity index (χ2n) is 1.58. The van der Waals surface area contributed by atoms with Gasteiger partial charge in [-0.3, -0.25) is 9.59 Å². The van der Waals surface area contributed by atoms with Crippen LogP contribution in [0.25, 0.3) is 0 Å². The van der Waals surface area contributed by atoms with E-state index in [1.807, 2.05) is 0 Å². The summed E-state index contributed by atoms with van der Waals surface area (Å²) in [6, 6.07) is 0. The molecule has 0 aliphatic rings. The molecule has 0 aromatic rings. The third-order valence-corrected chi connectivity index (χ3v) is 0.498. The fourth-order valence-electron chi connectivity index (χ4n) is 0.351. The van der Waals surface area contributed by atoms with Gasteiger partial charge in [0.15, 0.2) is 0 Å². The Morgan fingerprint density at radius 3 is 1.38 bits per heavy atom. The van der Waals surface area contributed by atoms with Crippen molar-refractivity contribution in [2.45, 2.75) is 20.3 Å². The summed E-state index contributed by atoms with van der Waals surface area (Å²) in [6.07, 6.45) is 0.0833. The molecule has 0 aliphatic carbocycles. The zero-order chi connectivity index (χ0) is 5.86. The number of rotatable bonds is 2. The maximum absolute atomic E-state index is 10.0. The molecule has 0 aliphatic heterocycles. The summed E-state index contributed by atoms with van der Waals surface area (Å²) in [6.45, 7) is 2.81. The first-order valence-corrected chi connectivity index (χ1v) is 2.12. The van der Waals surface area contributed by atoms with Crippen molar-refractivity contribution in [3.63, 3.8) is 0 Å². The second kappa shape index (κ2) is 5.12. The molecular weight excluding hydrogens is 282 g/mol. The van der Waals surface area contributed by atoms with Crippen molar-refractivity contribution in [1.29, 1.82) is 0 Å². The maximum Gasteiger partial charge on any atom is 0.137 e. The summed E-state index contributed by atoms with van der Waals surface area (Å²) >= 11 is 0. The average Bonchev–Trinajstić information content (AvgIpc) is 1.27. The first-order valence-electron chi connectivity index (χ1n) is 2.12. The Bertz CT molecular complexity index is 86.6. The molecule has 0 atom stereocenters. The van der Waals surface area contributed by atoms with E-state index in [9.17, 15) is 9.59 Å². The van der Waals surface area contributed by atoms with Crippen LogP contribution in [-0.4, -0.2) is 11.6 Å². The molecule has 0 radical (unpaired) electrons. The van der Waals surface area contributed by atoms with E-state index in [-0.39, 0.29) is 37.8 Å². The summed E-state index contributed by atoms with van der Waals surface area (Å²) < 4.78 is 0. The van der Waals surface area contributed by atoms with Crippen LogP contribution in [0.2, 0.25) is 0 Å². The molecule has 3 heteroatoms. The molecule has 0 amide bonds. The Labute approximate surface area is 61.7 Å². The van der Waals surface area contributed by atoms with Crippen molar-refractivity contribution < 1.29 is 29.4 Å². The Morgan fingerprint density at radius 1 is 1.12 bits per heavy atom. The molecule has 0 spiro atoms. The molecule has 8 heavy (non-hydrogen) atoms. The maximum atomic E-state index is 10.0. The van der Waals surface area contributed by atoms with E-state index in [4.69, 9.17) is 0 Å². The number of carbonyl (C=O) groups is 2. The molecule has 0 heterocycles. The average molecular weight is 290 g/mol. The summed E-state index contributed by atoms with van der Waals surface area (Å²) in [5.41, 5.74) is 0. The summed E-state index contributed by atoms with van der Waals surface area (Å²) in [7, 11) is 0. The molecule has 0 aromatic heterocycles. The Kier molecular flexibility index (Phi) is 6.96. The van der Waals surface area contributed by atoms with Gasteiger partial charge in [-0.1, -0.05) is 0 Å². The van der Waals surface area contributed by atoms with Crippen LogP contribution in [0.3, 0.4) is 0 Å². The van der Waals surface area contributed by atoms with Gasteiger partial charge in [-0.25, -0.2) is 0 Å². The standard InChI is InChI=1S/C5H8O2.Os/c1-4(6)3-5(2)7;/h3H2,1-2H3;. The van der Waals surface area contributed by atoms with Gasteiger partial charge in [0.05, 0.1) is 6.42 Å². The van der Waals surface area contributed by atoms with Crippen LogP contribution >= 0.6 is 0 Å². The van der Waals surface area contributed by atoms with E-state index < -0.39 is 0 Å². The second-order valence-corrected chi connectivity index (χ2v) is 1.58. The van der Waals surface area contributed by atoms with Gasteiger partial charge in [-0.15, -0.1) is 0 Å². The van der Waals surface area contributed by atoms with Gasteiger partial charge >= 0.3 is 0 Å². The number of hydrogen-bond donors (Lipinski definition) is 0. The minimum absolute atomic E-state index is 0. The monoisotopic (exact) mass is 292 g/mol. The zero-order valence-corrected chi connectivity index (χ0v) is 7.42. The predicted molar refractivity (Wildman–Crippen MR) is 26.0 cm³/mol. The molecule has 0 saturated carbocycles. The molecule has 2 nitrogen and oxygen atoms in total. The molecule has 0 aromatic carbocycles. The van der Waals surface area contributed by atoms with Gasteiger partial charge < -0.3 is 0 Å². The number of hydrogen-bond acceptors (Lipinski definition) is 2. The van der Waals surface area contributed by atoms with E-state index >= 15 is 0 Å². The fraction of sp³-hybridized carbons (Fsp3) is 0.600. The zero-order valence-electron chi connectivity index (χ0n) is 4.88. The summed E-state index contributed by atoms with van der Waals surface area (Å²) in [4.78, 5) is 20.1. The number of Topliss-reactive ketones (excluding diaryl/α,β-unsaturated/α-hetero) is 2. The molecule has 0 unspecified atom stereocenters. The van der Waals surface area contributed by atoms with Gasteiger partial charge in [0, 0.05) is 19.8 Å². The van der Waals surface area contributed by atoms with E-state index in [2.05, 4.69) is 0 Å². The first-order chi connectivity index (χ1) is 3.13. The largest absolute Gasteiger partial charge is 0.300 e. The number of carbonyl (C=O) groups excluding carboxylic acids is 2. The quantitative estimate of drug-likeness (QED) is 0.696. The predicted octanol–water partition coefficient (Wildman–Crippen LogP) is 0.552. The van der Waals surface area contributed by atoms with Gasteiger partial charge in [-0.2, -0.15) is 0 Å². The van der Waals surface area contributed by atoms with E-state index in [1.165, 1.54) is 13.8 Å². The van der Waals surface area contributed by atoms with Gasteiger partial charge in [0.1, 0.15) is 11.6 Å². The van der Waals surface area contributed by atoms with Gasteiger partial charge in [-0.05, 0) is 13.8 Å². The molecule has 0 saturated heterocycles. The van der Waals surface area contributed by atoms with Crippen molar-refractivity contribution in [2.75, 3.05) is 0 Å². The van der Waals surface area contributed by atoms with Crippen molar-refractivity contribution in [1.82, 2.24) is 0 Å². The van der Waals surface area contributed by atoms with Crippen LogP contribution in [-0.2, 0) is 29.4 Å². The van der Waals surface area contributed by atoms with Crippen LogP contribution in [0, 0.1) is 0 Å². The van der Waals surface area contributed by atoms with Crippen molar-refractivity contribution in [3.05, 3.63) is 0 Å². The van der Waals surface area contributed by atoms with E-state index in [0.29, 0.717) is 0 Å².